The Hall–Kier alpha value is -0.980. The minimum Gasteiger partial charge on any atom is -0.356 e. The molecule has 0 saturated heterocycles. The summed E-state index contributed by atoms with van der Waals surface area (Å²) in [5.74, 6) is 0.123. The number of nitrogens with one attached hydrogen (secondary N) is 1. The van der Waals surface area contributed by atoms with Gasteiger partial charge >= 0.3 is 0 Å². The number of amides is 1. The summed E-state index contributed by atoms with van der Waals surface area (Å²) in [4.78, 5) is 11.8. The number of hydrogen-bond acceptors (Lipinski definition) is 3. The number of hydrogen-bond donors (Lipinski definition) is 1. The Labute approximate surface area is 141 Å². The normalized spacial score (nSPS) is 11.5. The van der Waals surface area contributed by atoms with Crippen molar-refractivity contribution in [3.63, 3.8) is 0 Å². The van der Waals surface area contributed by atoms with E-state index in [1.165, 1.54) is 12.1 Å². The van der Waals surface area contributed by atoms with Gasteiger partial charge in [0.2, 0.25) is 15.9 Å². The lowest BCUT2D eigenvalue weighted by atomic mass is 10.2. The Morgan fingerprint density at radius 3 is 2.50 bits per heavy atom. The van der Waals surface area contributed by atoms with Gasteiger partial charge in [0.15, 0.2) is 0 Å². The highest BCUT2D eigenvalue weighted by atomic mass is 35.5. The van der Waals surface area contributed by atoms with Crippen molar-refractivity contribution in [1.29, 1.82) is 0 Å². The monoisotopic (exact) mass is 366 g/mol. The SMILES string of the molecule is CC(C)CNC(=O)CCN(c1cc(Cl)ccc1Cl)S(C)(=O)=O. The molecule has 0 spiro atoms. The van der Waals surface area contributed by atoms with Crippen molar-refractivity contribution >= 4 is 44.8 Å². The van der Waals surface area contributed by atoms with E-state index in [0.717, 1.165) is 10.6 Å². The fourth-order valence-corrected chi connectivity index (χ4v) is 3.12. The molecule has 0 aromatic heterocycles. The molecular formula is C14H20Cl2N2O3S. The molecule has 1 amide bonds. The largest absolute Gasteiger partial charge is 0.356 e. The van der Waals surface area contributed by atoms with Crippen LogP contribution in [0, 0.1) is 5.92 Å². The molecule has 0 bridgehead atoms. The molecule has 22 heavy (non-hydrogen) atoms. The number of benzene rings is 1. The second-order valence-corrected chi connectivity index (χ2v) is 8.13. The lowest BCUT2D eigenvalue weighted by Crippen LogP contribution is -2.35. The van der Waals surface area contributed by atoms with Gasteiger partial charge in [0, 0.05) is 24.5 Å². The van der Waals surface area contributed by atoms with Crippen molar-refractivity contribution in [2.75, 3.05) is 23.7 Å². The second kappa shape index (κ2) is 8.04. The zero-order valence-corrected chi connectivity index (χ0v) is 15.1. The second-order valence-electron chi connectivity index (χ2n) is 5.38. The molecule has 1 aromatic carbocycles. The summed E-state index contributed by atoms with van der Waals surface area (Å²) in [6, 6.07) is 4.57. The van der Waals surface area contributed by atoms with Gasteiger partial charge in [0.05, 0.1) is 17.0 Å². The lowest BCUT2D eigenvalue weighted by Gasteiger charge is -2.23. The van der Waals surface area contributed by atoms with E-state index in [-0.39, 0.29) is 29.6 Å². The molecule has 0 saturated carbocycles. The zero-order valence-electron chi connectivity index (χ0n) is 12.8. The highest BCUT2D eigenvalue weighted by molar-refractivity contribution is 7.92. The standard InChI is InChI=1S/C14H20Cl2N2O3S/c1-10(2)9-17-14(19)6-7-18(22(3,20)21)13-8-11(15)4-5-12(13)16/h4-5,8,10H,6-7,9H2,1-3H3,(H,17,19). The van der Waals surface area contributed by atoms with Gasteiger partial charge in [-0.15, -0.1) is 0 Å². The fraction of sp³-hybridized carbons (Fsp3) is 0.500. The number of halogens is 2. The Morgan fingerprint density at radius 2 is 1.95 bits per heavy atom. The maximum atomic E-state index is 12.0. The Kier molecular flexibility index (Phi) is 6.97. The lowest BCUT2D eigenvalue weighted by molar-refractivity contribution is -0.121. The van der Waals surface area contributed by atoms with Gasteiger partial charge < -0.3 is 5.32 Å². The molecule has 0 atom stereocenters. The van der Waals surface area contributed by atoms with Gasteiger partial charge in [0.25, 0.3) is 0 Å². The summed E-state index contributed by atoms with van der Waals surface area (Å²) in [5.41, 5.74) is 0.272. The molecule has 8 heteroatoms. The van der Waals surface area contributed by atoms with Crippen LogP contribution in [0.25, 0.3) is 0 Å². The number of carbonyl (C=O) groups excluding carboxylic acids is 1. The van der Waals surface area contributed by atoms with E-state index in [9.17, 15) is 13.2 Å². The van der Waals surface area contributed by atoms with Crippen LogP contribution >= 0.6 is 23.2 Å². The average molecular weight is 367 g/mol. The van der Waals surface area contributed by atoms with Crippen LogP contribution in [0.1, 0.15) is 20.3 Å². The van der Waals surface area contributed by atoms with Gasteiger partial charge in [-0.3, -0.25) is 9.10 Å². The predicted molar refractivity (Wildman–Crippen MR) is 91.1 cm³/mol. The minimum absolute atomic E-state index is 0.00280. The molecule has 0 aliphatic heterocycles. The molecule has 1 aromatic rings. The van der Waals surface area contributed by atoms with Gasteiger partial charge in [0.1, 0.15) is 0 Å². The summed E-state index contributed by atoms with van der Waals surface area (Å²) in [6.45, 7) is 4.52. The molecule has 0 fully saturated rings. The number of nitrogens with zero attached hydrogens (tertiary/aromatic N) is 1. The van der Waals surface area contributed by atoms with Crippen LogP contribution in [0.2, 0.25) is 10.0 Å². The number of carbonyl (C=O) groups is 1. The van der Waals surface area contributed by atoms with E-state index in [1.807, 2.05) is 13.8 Å². The Balaban J connectivity index is 2.88. The van der Waals surface area contributed by atoms with Crippen LogP contribution in [-0.4, -0.2) is 33.7 Å². The van der Waals surface area contributed by atoms with Crippen molar-refractivity contribution in [3.8, 4) is 0 Å². The quantitative estimate of drug-likeness (QED) is 0.806. The molecule has 1 N–H and O–H groups in total. The molecule has 0 aliphatic carbocycles. The first-order valence-corrected chi connectivity index (χ1v) is 9.41. The van der Waals surface area contributed by atoms with Crippen molar-refractivity contribution in [1.82, 2.24) is 5.32 Å². The van der Waals surface area contributed by atoms with E-state index >= 15 is 0 Å². The van der Waals surface area contributed by atoms with Crippen molar-refractivity contribution in [3.05, 3.63) is 28.2 Å². The van der Waals surface area contributed by atoms with Crippen LogP contribution in [0.15, 0.2) is 18.2 Å². The highest BCUT2D eigenvalue weighted by Crippen LogP contribution is 2.30. The first kappa shape index (κ1) is 19.1. The minimum atomic E-state index is -3.57. The van der Waals surface area contributed by atoms with Crippen LogP contribution in [0.3, 0.4) is 0 Å². The number of sulfonamides is 1. The van der Waals surface area contributed by atoms with Crippen LogP contribution in [0.4, 0.5) is 5.69 Å². The van der Waals surface area contributed by atoms with E-state index in [0.29, 0.717) is 17.5 Å². The Morgan fingerprint density at radius 1 is 1.32 bits per heavy atom. The molecule has 124 valence electrons. The summed E-state index contributed by atoms with van der Waals surface area (Å²) in [7, 11) is -3.57. The van der Waals surface area contributed by atoms with Gasteiger partial charge in [-0.25, -0.2) is 8.42 Å². The van der Waals surface area contributed by atoms with E-state index in [1.54, 1.807) is 6.07 Å². The third-order valence-electron chi connectivity index (χ3n) is 2.83. The van der Waals surface area contributed by atoms with Crippen LogP contribution < -0.4 is 9.62 Å². The summed E-state index contributed by atoms with van der Waals surface area (Å²) >= 11 is 11.9. The Bertz CT molecular complexity index is 633. The van der Waals surface area contributed by atoms with Crippen molar-refractivity contribution in [2.24, 2.45) is 5.92 Å². The average Bonchev–Trinajstić information content (AvgIpc) is 2.39. The van der Waals surface area contributed by atoms with E-state index in [4.69, 9.17) is 23.2 Å². The van der Waals surface area contributed by atoms with E-state index < -0.39 is 10.0 Å². The molecule has 0 radical (unpaired) electrons. The van der Waals surface area contributed by atoms with Crippen LogP contribution in [0.5, 0.6) is 0 Å². The summed E-state index contributed by atoms with van der Waals surface area (Å²) in [5, 5.41) is 3.38. The molecule has 0 unspecified atom stereocenters. The fourth-order valence-electron chi connectivity index (χ4n) is 1.75. The summed E-state index contributed by atoms with van der Waals surface area (Å²) in [6.07, 6.45) is 1.11. The molecular weight excluding hydrogens is 347 g/mol. The summed E-state index contributed by atoms with van der Waals surface area (Å²) < 4.78 is 25.0. The molecule has 1 rings (SSSR count). The zero-order chi connectivity index (χ0) is 16.9. The third-order valence-corrected chi connectivity index (χ3v) is 4.56. The van der Waals surface area contributed by atoms with Gasteiger partial charge in [-0.1, -0.05) is 37.0 Å². The number of rotatable bonds is 7. The molecule has 0 heterocycles. The van der Waals surface area contributed by atoms with E-state index in [2.05, 4.69) is 5.32 Å². The molecule has 5 nitrogen and oxygen atoms in total. The maximum absolute atomic E-state index is 12.0. The predicted octanol–water partition coefficient (Wildman–Crippen LogP) is 2.92. The topological polar surface area (TPSA) is 66.5 Å². The first-order valence-electron chi connectivity index (χ1n) is 6.80. The number of anilines is 1. The van der Waals surface area contributed by atoms with Crippen molar-refractivity contribution < 1.29 is 13.2 Å². The molecule has 0 aliphatic rings. The van der Waals surface area contributed by atoms with Crippen LogP contribution in [-0.2, 0) is 14.8 Å². The highest BCUT2D eigenvalue weighted by Gasteiger charge is 2.21. The van der Waals surface area contributed by atoms with Gasteiger partial charge in [-0.05, 0) is 24.1 Å². The smallest absolute Gasteiger partial charge is 0.232 e. The maximum Gasteiger partial charge on any atom is 0.232 e. The first-order chi connectivity index (χ1) is 10.1. The van der Waals surface area contributed by atoms with Crippen molar-refractivity contribution in [2.45, 2.75) is 20.3 Å². The third kappa shape index (κ3) is 6.02. The van der Waals surface area contributed by atoms with Gasteiger partial charge in [-0.2, -0.15) is 0 Å².